The Balaban J connectivity index is 1.99. The number of carbonyl (C=O) groups excluding carboxylic acids is 1. The normalized spacial score (nSPS) is 14.3. The zero-order valence-corrected chi connectivity index (χ0v) is 20.3. The van der Waals surface area contributed by atoms with E-state index in [1.165, 1.54) is 16.7 Å². The molecule has 1 aliphatic rings. The van der Waals surface area contributed by atoms with E-state index in [0.717, 1.165) is 42.4 Å². The first-order valence-corrected chi connectivity index (χ1v) is 11.3. The van der Waals surface area contributed by atoms with E-state index >= 15 is 0 Å². The van der Waals surface area contributed by atoms with E-state index in [2.05, 4.69) is 50.8 Å². The molecule has 0 aliphatic carbocycles. The van der Waals surface area contributed by atoms with Crippen LogP contribution in [0.2, 0.25) is 0 Å². The first-order valence-electron chi connectivity index (χ1n) is 11.3. The molecule has 0 bridgehead atoms. The first kappa shape index (κ1) is 24.1. The molecule has 0 atom stereocenters. The van der Waals surface area contributed by atoms with Gasteiger partial charge in [-0.3, -0.25) is 4.79 Å². The maximum Gasteiger partial charge on any atom is 0.248 e. The number of aryl methyl sites for hydroxylation is 2. The van der Waals surface area contributed by atoms with Crippen molar-refractivity contribution in [2.45, 2.75) is 46.6 Å². The van der Waals surface area contributed by atoms with Gasteiger partial charge in [-0.05, 0) is 25.0 Å². The molecule has 2 aromatic rings. The van der Waals surface area contributed by atoms with Crippen LogP contribution in [0.1, 0.15) is 53.5 Å². The van der Waals surface area contributed by atoms with E-state index in [0.29, 0.717) is 19.7 Å². The lowest BCUT2D eigenvalue weighted by Crippen LogP contribution is -2.50. The topological polar surface area (TPSA) is 67.8 Å². The number of methoxy groups -OCH3 is 2. The van der Waals surface area contributed by atoms with Crippen LogP contribution in [-0.4, -0.2) is 67.8 Å². The number of aromatic nitrogens is 2. The highest BCUT2D eigenvalue weighted by Crippen LogP contribution is 2.29. The van der Waals surface area contributed by atoms with Gasteiger partial charge in [-0.25, -0.2) is 9.97 Å². The van der Waals surface area contributed by atoms with Gasteiger partial charge in [0.05, 0.1) is 12.3 Å². The maximum absolute atomic E-state index is 12.2. The molecular weight excluding hydrogens is 404 g/mol. The Bertz CT molecular complexity index is 937. The van der Waals surface area contributed by atoms with E-state index in [9.17, 15) is 4.79 Å². The van der Waals surface area contributed by atoms with Gasteiger partial charge < -0.3 is 19.3 Å². The number of carbonyl (C=O) groups is 1. The second-order valence-electron chi connectivity index (χ2n) is 8.83. The van der Waals surface area contributed by atoms with Crippen molar-refractivity contribution >= 4 is 11.7 Å². The van der Waals surface area contributed by atoms with Crippen LogP contribution in [0.4, 0.5) is 5.82 Å². The Morgan fingerprint density at radius 2 is 1.78 bits per heavy atom. The van der Waals surface area contributed by atoms with Gasteiger partial charge in [-0.2, -0.15) is 0 Å². The quantitative estimate of drug-likeness (QED) is 0.628. The number of benzene rings is 1. The molecule has 1 saturated heterocycles. The van der Waals surface area contributed by atoms with Crippen LogP contribution in [0.25, 0.3) is 0 Å². The number of hydrogen-bond donors (Lipinski definition) is 0. The fourth-order valence-corrected chi connectivity index (χ4v) is 4.06. The average Bonchev–Trinajstić information content (AvgIpc) is 2.77. The summed E-state index contributed by atoms with van der Waals surface area (Å²) in [6.45, 7) is 11.8. The summed E-state index contributed by atoms with van der Waals surface area (Å²) in [6.07, 6.45) is 0.753. The lowest BCUT2D eigenvalue weighted by molar-refractivity contribution is -0.135. The summed E-state index contributed by atoms with van der Waals surface area (Å²) < 4.78 is 10.6. The minimum absolute atomic E-state index is 0.0355. The number of hydrogen-bond acceptors (Lipinski definition) is 6. The molecule has 0 N–H and O–H groups in total. The van der Waals surface area contributed by atoms with Crippen LogP contribution in [0.15, 0.2) is 18.2 Å². The van der Waals surface area contributed by atoms with Crippen molar-refractivity contribution in [1.29, 1.82) is 0 Å². The molecule has 1 fully saturated rings. The first-order chi connectivity index (χ1) is 15.3. The Hall–Kier alpha value is -2.51. The Morgan fingerprint density at radius 3 is 2.41 bits per heavy atom. The zero-order chi connectivity index (χ0) is 23.3. The third kappa shape index (κ3) is 5.64. The highest BCUT2D eigenvalue weighted by Gasteiger charge is 2.26. The van der Waals surface area contributed by atoms with Gasteiger partial charge in [0.15, 0.2) is 0 Å². The summed E-state index contributed by atoms with van der Waals surface area (Å²) in [6, 6.07) is 6.56. The molecule has 1 aromatic carbocycles. The number of ether oxygens (including phenoxy) is 2. The largest absolute Gasteiger partial charge is 0.378 e. The smallest absolute Gasteiger partial charge is 0.248 e. The van der Waals surface area contributed by atoms with Crippen molar-refractivity contribution in [2.24, 2.45) is 0 Å². The van der Waals surface area contributed by atoms with Gasteiger partial charge in [0.25, 0.3) is 0 Å². The molecule has 3 rings (SSSR count). The van der Waals surface area contributed by atoms with Crippen LogP contribution >= 0.6 is 0 Å². The molecule has 174 valence electrons. The standard InChI is InChI=1S/C25H36N4O3/c1-17(2)24-26-22(15-31-5)21(14-20-13-18(3)7-8-19(20)4)25(27-24)29-11-9-28(10-12-29)23(30)16-32-6/h7-8,13,17H,9-12,14-16H2,1-6H3. The minimum Gasteiger partial charge on any atom is -0.378 e. The summed E-state index contributed by atoms with van der Waals surface area (Å²) in [7, 11) is 3.26. The van der Waals surface area contributed by atoms with E-state index < -0.39 is 0 Å². The summed E-state index contributed by atoms with van der Waals surface area (Å²) in [5.74, 6) is 2.04. The molecule has 32 heavy (non-hydrogen) atoms. The molecular formula is C25H36N4O3. The fourth-order valence-electron chi connectivity index (χ4n) is 4.06. The predicted octanol–water partition coefficient (Wildman–Crippen LogP) is 3.25. The second-order valence-corrected chi connectivity index (χ2v) is 8.83. The van der Waals surface area contributed by atoms with E-state index in [4.69, 9.17) is 19.4 Å². The summed E-state index contributed by atoms with van der Waals surface area (Å²) in [4.78, 5) is 26.3. The molecule has 0 radical (unpaired) electrons. The summed E-state index contributed by atoms with van der Waals surface area (Å²) in [5, 5.41) is 0. The van der Waals surface area contributed by atoms with Crippen molar-refractivity contribution in [3.8, 4) is 0 Å². The highest BCUT2D eigenvalue weighted by molar-refractivity contribution is 5.77. The Labute approximate surface area is 191 Å². The Morgan fingerprint density at radius 1 is 1.06 bits per heavy atom. The molecule has 1 aromatic heterocycles. The third-order valence-electron chi connectivity index (χ3n) is 5.96. The highest BCUT2D eigenvalue weighted by atomic mass is 16.5. The molecule has 7 nitrogen and oxygen atoms in total. The van der Waals surface area contributed by atoms with Crippen molar-refractivity contribution in [3.05, 3.63) is 52.0 Å². The number of piperazine rings is 1. The molecule has 0 spiro atoms. The second kappa shape index (κ2) is 10.9. The van der Waals surface area contributed by atoms with Crippen LogP contribution in [0.5, 0.6) is 0 Å². The number of nitrogens with zero attached hydrogens (tertiary/aromatic N) is 4. The molecule has 1 amide bonds. The maximum atomic E-state index is 12.2. The van der Waals surface area contributed by atoms with Crippen LogP contribution in [-0.2, 0) is 27.3 Å². The van der Waals surface area contributed by atoms with E-state index in [1.54, 1.807) is 14.2 Å². The number of amides is 1. The SMILES string of the molecule is COCC(=O)N1CCN(c2nc(C(C)C)nc(COC)c2Cc2cc(C)ccc2C)CC1. The molecule has 0 saturated carbocycles. The van der Waals surface area contributed by atoms with E-state index in [-0.39, 0.29) is 18.4 Å². The van der Waals surface area contributed by atoms with Gasteiger partial charge >= 0.3 is 0 Å². The van der Waals surface area contributed by atoms with Gasteiger partial charge in [0.2, 0.25) is 5.91 Å². The van der Waals surface area contributed by atoms with Gasteiger partial charge in [0, 0.05) is 58.3 Å². The monoisotopic (exact) mass is 440 g/mol. The van der Waals surface area contributed by atoms with Crippen LogP contribution in [0.3, 0.4) is 0 Å². The van der Waals surface area contributed by atoms with E-state index in [1.807, 2.05) is 4.90 Å². The summed E-state index contributed by atoms with van der Waals surface area (Å²) >= 11 is 0. The minimum atomic E-state index is 0.0355. The zero-order valence-electron chi connectivity index (χ0n) is 20.3. The molecule has 1 aliphatic heterocycles. The van der Waals surface area contributed by atoms with Gasteiger partial charge in [0.1, 0.15) is 18.2 Å². The summed E-state index contributed by atoms with van der Waals surface area (Å²) in [5.41, 5.74) is 5.83. The number of rotatable bonds is 8. The molecule has 2 heterocycles. The van der Waals surface area contributed by atoms with Gasteiger partial charge in [-0.1, -0.05) is 37.6 Å². The van der Waals surface area contributed by atoms with Crippen molar-refractivity contribution in [1.82, 2.24) is 14.9 Å². The fraction of sp³-hybridized carbons (Fsp3) is 0.560. The van der Waals surface area contributed by atoms with Crippen LogP contribution < -0.4 is 4.90 Å². The van der Waals surface area contributed by atoms with Crippen LogP contribution in [0, 0.1) is 13.8 Å². The molecule has 7 heteroatoms. The average molecular weight is 441 g/mol. The lowest BCUT2D eigenvalue weighted by Gasteiger charge is -2.36. The van der Waals surface area contributed by atoms with Crippen molar-refractivity contribution in [3.63, 3.8) is 0 Å². The van der Waals surface area contributed by atoms with Crippen molar-refractivity contribution < 1.29 is 14.3 Å². The van der Waals surface area contributed by atoms with Crippen molar-refractivity contribution in [2.75, 3.05) is 51.9 Å². The number of anilines is 1. The molecule has 0 unspecified atom stereocenters. The third-order valence-corrected chi connectivity index (χ3v) is 5.96. The predicted molar refractivity (Wildman–Crippen MR) is 126 cm³/mol. The Kier molecular flexibility index (Phi) is 8.21. The van der Waals surface area contributed by atoms with Gasteiger partial charge in [-0.15, -0.1) is 0 Å². The lowest BCUT2D eigenvalue weighted by atomic mass is 9.97.